The number of halogens is 2. The van der Waals surface area contributed by atoms with Crippen LogP contribution < -0.4 is 11.1 Å². The van der Waals surface area contributed by atoms with Gasteiger partial charge < -0.3 is 11.1 Å². The molecule has 1 aliphatic rings. The maximum atomic E-state index is 6.05. The van der Waals surface area contributed by atoms with Crippen molar-refractivity contribution in [1.82, 2.24) is 5.32 Å². The van der Waals surface area contributed by atoms with E-state index in [9.17, 15) is 0 Å². The van der Waals surface area contributed by atoms with Crippen LogP contribution in [-0.4, -0.2) is 12.6 Å². The summed E-state index contributed by atoms with van der Waals surface area (Å²) in [5.41, 5.74) is 5.83. The molecule has 5 heteroatoms. The first-order valence-corrected chi connectivity index (χ1v) is 7.60. The largest absolute Gasteiger partial charge is 0.329 e. The molecule has 1 heterocycles. The molecule has 2 nitrogen and oxygen atoms in total. The number of nitrogens with one attached hydrogen (secondary N) is 1. The molecule has 0 radical (unpaired) electrons. The second-order valence-corrected chi connectivity index (χ2v) is 6.75. The molecular formula is C11H16BrClN2S. The molecule has 16 heavy (non-hydrogen) atoms. The zero-order valence-corrected chi connectivity index (χ0v) is 12.2. The molecule has 1 aromatic rings. The summed E-state index contributed by atoms with van der Waals surface area (Å²) in [6.45, 7) is 0.625. The van der Waals surface area contributed by atoms with Gasteiger partial charge in [-0.05, 0) is 34.8 Å². The summed E-state index contributed by atoms with van der Waals surface area (Å²) in [4.78, 5) is 1.23. The Balaban J connectivity index is 2.03. The van der Waals surface area contributed by atoms with E-state index in [2.05, 4.69) is 27.3 Å². The summed E-state index contributed by atoms with van der Waals surface area (Å²) in [5.74, 6) is 0. The molecule has 1 atom stereocenters. The van der Waals surface area contributed by atoms with Crippen LogP contribution in [0.4, 0.5) is 0 Å². The lowest BCUT2D eigenvalue weighted by Crippen LogP contribution is -2.34. The van der Waals surface area contributed by atoms with Gasteiger partial charge in [0.1, 0.15) is 4.34 Å². The summed E-state index contributed by atoms with van der Waals surface area (Å²) < 4.78 is 1.78. The van der Waals surface area contributed by atoms with Crippen LogP contribution in [0.5, 0.6) is 0 Å². The number of nitrogens with two attached hydrogens (primary N) is 1. The zero-order chi connectivity index (χ0) is 11.5. The maximum Gasteiger partial charge on any atom is 0.107 e. The lowest BCUT2D eigenvalue weighted by atomic mass is 10.2. The molecule has 1 aliphatic carbocycles. The third-order valence-corrected chi connectivity index (χ3v) is 5.62. The van der Waals surface area contributed by atoms with Gasteiger partial charge in [0.25, 0.3) is 0 Å². The highest BCUT2D eigenvalue weighted by Gasteiger charge is 2.21. The van der Waals surface area contributed by atoms with Crippen molar-refractivity contribution in [2.24, 2.45) is 5.73 Å². The van der Waals surface area contributed by atoms with E-state index < -0.39 is 0 Å². The highest BCUT2D eigenvalue weighted by molar-refractivity contribution is 9.10. The first kappa shape index (κ1) is 12.8. The molecule has 1 aromatic heterocycles. The van der Waals surface area contributed by atoms with Gasteiger partial charge in [-0.1, -0.05) is 24.4 Å². The van der Waals surface area contributed by atoms with E-state index in [1.165, 1.54) is 30.6 Å². The minimum Gasteiger partial charge on any atom is -0.329 e. The monoisotopic (exact) mass is 322 g/mol. The number of hydrogen-bond donors (Lipinski definition) is 2. The quantitative estimate of drug-likeness (QED) is 0.886. The Morgan fingerprint density at radius 1 is 1.56 bits per heavy atom. The Morgan fingerprint density at radius 2 is 2.25 bits per heavy atom. The van der Waals surface area contributed by atoms with Crippen LogP contribution in [0.2, 0.25) is 4.34 Å². The van der Waals surface area contributed by atoms with Crippen molar-refractivity contribution in [3.63, 3.8) is 0 Å². The van der Waals surface area contributed by atoms with Crippen LogP contribution >= 0.6 is 38.9 Å². The first-order valence-electron chi connectivity index (χ1n) is 5.61. The maximum absolute atomic E-state index is 6.05. The highest BCUT2D eigenvalue weighted by Crippen LogP contribution is 2.35. The summed E-state index contributed by atoms with van der Waals surface area (Å²) >= 11 is 11.1. The van der Waals surface area contributed by atoms with E-state index in [1.807, 2.05) is 0 Å². The second-order valence-electron chi connectivity index (χ2n) is 4.21. The minimum absolute atomic E-state index is 0.247. The zero-order valence-electron chi connectivity index (χ0n) is 9.01. The fourth-order valence-electron chi connectivity index (χ4n) is 2.18. The van der Waals surface area contributed by atoms with Crippen molar-refractivity contribution in [3.8, 4) is 0 Å². The van der Waals surface area contributed by atoms with E-state index in [-0.39, 0.29) is 6.04 Å². The summed E-state index contributed by atoms with van der Waals surface area (Å²) in [6, 6.07) is 2.96. The molecule has 0 spiro atoms. The molecule has 0 amide bonds. The van der Waals surface area contributed by atoms with Gasteiger partial charge in [0, 0.05) is 21.9 Å². The lowest BCUT2D eigenvalue weighted by molar-refractivity contribution is 0.449. The van der Waals surface area contributed by atoms with Gasteiger partial charge in [-0.15, -0.1) is 11.3 Å². The molecule has 0 bridgehead atoms. The third kappa shape index (κ3) is 2.99. The van der Waals surface area contributed by atoms with Crippen molar-refractivity contribution < 1.29 is 0 Å². The molecule has 90 valence electrons. The van der Waals surface area contributed by atoms with Gasteiger partial charge in [0.05, 0.1) is 6.04 Å². The van der Waals surface area contributed by atoms with Crippen LogP contribution in [0.3, 0.4) is 0 Å². The van der Waals surface area contributed by atoms with Gasteiger partial charge in [-0.25, -0.2) is 0 Å². The lowest BCUT2D eigenvalue weighted by Gasteiger charge is -2.20. The van der Waals surface area contributed by atoms with Crippen LogP contribution in [0, 0.1) is 0 Å². The molecule has 1 saturated carbocycles. The highest BCUT2D eigenvalue weighted by atomic mass is 79.9. The SMILES string of the molecule is NCC(NC1CCCC1)c1cc(Br)c(Cl)s1. The minimum atomic E-state index is 0.247. The van der Waals surface area contributed by atoms with Gasteiger partial charge in [-0.3, -0.25) is 0 Å². The summed E-state index contributed by atoms with van der Waals surface area (Å²) in [6.07, 6.45) is 5.22. The topological polar surface area (TPSA) is 38.0 Å². The Bertz CT molecular complexity index is 330. The Hall–Kier alpha value is 0.390. The molecular weight excluding hydrogens is 308 g/mol. The van der Waals surface area contributed by atoms with Crippen LogP contribution in [0.25, 0.3) is 0 Å². The second kappa shape index (κ2) is 5.83. The Morgan fingerprint density at radius 3 is 2.75 bits per heavy atom. The van der Waals surface area contributed by atoms with E-state index >= 15 is 0 Å². The molecule has 2 rings (SSSR count). The van der Waals surface area contributed by atoms with Crippen LogP contribution in [-0.2, 0) is 0 Å². The summed E-state index contributed by atoms with van der Waals surface area (Å²) in [5, 5.41) is 3.63. The van der Waals surface area contributed by atoms with Crippen molar-refractivity contribution in [1.29, 1.82) is 0 Å². The standard InChI is InChI=1S/C11H16BrClN2S/c12-8-5-10(16-11(8)13)9(6-14)15-7-3-1-2-4-7/h5,7,9,15H,1-4,6,14H2. The average molecular weight is 324 g/mol. The van der Waals surface area contributed by atoms with Crippen molar-refractivity contribution in [2.45, 2.75) is 37.8 Å². The molecule has 1 unspecified atom stereocenters. The van der Waals surface area contributed by atoms with Crippen LogP contribution in [0.1, 0.15) is 36.6 Å². The molecule has 0 saturated heterocycles. The smallest absolute Gasteiger partial charge is 0.107 e. The van der Waals surface area contributed by atoms with E-state index in [0.717, 1.165) is 8.81 Å². The Labute approximate surface area is 114 Å². The molecule has 1 fully saturated rings. The Kier molecular flexibility index (Phi) is 4.67. The van der Waals surface area contributed by atoms with E-state index in [4.69, 9.17) is 17.3 Å². The fourth-order valence-corrected chi connectivity index (χ4v) is 3.99. The normalized spacial score (nSPS) is 19.2. The van der Waals surface area contributed by atoms with Crippen molar-refractivity contribution in [2.75, 3.05) is 6.54 Å². The summed E-state index contributed by atoms with van der Waals surface area (Å²) in [7, 11) is 0. The predicted molar refractivity (Wildman–Crippen MR) is 74.2 cm³/mol. The van der Waals surface area contributed by atoms with Gasteiger partial charge in [-0.2, -0.15) is 0 Å². The fraction of sp³-hybridized carbons (Fsp3) is 0.636. The number of rotatable bonds is 4. The number of thiophene rings is 1. The average Bonchev–Trinajstić information content (AvgIpc) is 2.86. The molecule has 0 aliphatic heterocycles. The van der Waals surface area contributed by atoms with E-state index in [0.29, 0.717) is 12.6 Å². The van der Waals surface area contributed by atoms with Crippen molar-refractivity contribution >= 4 is 38.9 Å². The van der Waals surface area contributed by atoms with Gasteiger partial charge >= 0.3 is 0 Å². The van der Waals surface area contributed by atoms with E-state index in [1.54, 1.807) is 11.3 Å². The number of hydrogen-bond acceptors (Lipinski definition) is 3. The molecule has 3 N–H and O–H groups in total. The predicted octanol–water partition coefficient (Wildman–Crippen LogP) is 3.70. The third-order valence-electron chi connectivity index (χ3n) is 3.04. The van der Waals surface area contributed by atoms with Gasteiger partial charge in [0.15, 0.2) is 0 Å². The molecule has 0 aromatic carbocycles. The van der Waals surface area contributed by atoms with Crippen molar-refractivity contribution in [3.05, 3.63) is 19.8 Å². The first-order chi connectivity index (χ1) is 7.70. The van der Waals surface area contributed by atoms with Gasteiger partial charge in [0.2, 0.25) is 0 Å². The van der Waals surface area contributed by atoms with Crippen LogP contribution in [0.15, 0.2) is 10.5 Å².